The number of aliphatic hydroxyl groups excluding tert-OH is 2. The lowest BCUT2D eigenvalue weighted by molar-refractivity contribution is -0.147. The third kappa shape index (κ3) is 30.9. The summed E-state index contributed by atoms with van der Waals surface area (Å²) in [6.07, 6.45) is 43.1. The Hall–Kier alpha value is -0.910. The molecule has 0 aromatic rings. The molecule has 0 aliphatic carbocycles. The van der Waals surface area contributed by atoms with Gasteiger partial charge in [-0.3, -0.25) is 4.79 Å². The van der Waals surface area contributed by atoms with Crippen LogP contribution in [0.1, 0.15) is 226 Å². The fourth-order valence-corrected chi connectivity index (χ4v) is 6.82. The second kappa shape index (κ2) is 36.4. The largest absolute Gasteiger partial charge is 0.481 e. The van der Waals surface area contributed by atoms with Crippen LogP contribution in [0, 0.1) is 5.92 Å². The van der Waals surface area contributed by atoms with E-state index in [-0.39, 0.29) is 0 Å². The lowest BCUT2D eigenvalue weighted by Crippen LogP contribution is -2.49. The first-order chi connectivity index (χ1) is 23.0. The minimum Gasteiger partial charge on any atom is -0.481 e. The maximum absolute atomic E-state index is 11.9. The molecule has 0 fully saturated rings. The Balaban J connectivity index is 3.77. The van der Waals surface area contributed by atoms with Gasteiger partial charge in [-0.25, -0.2) is 0 Å². The summed E-state index contributed by atoms with van der Waals surface area (Å²) in [5.41, 5.74) is 6.11. The van der Waals surface area contributed by atoms with Crippen molar-refractivity contribution in [3.63, 3.8) is 0 Å². The van der Waals surface area contributed by atoms with Crippen LogP contribution in [0.15, 0.2) is 12.2 Å². The maximum atomic E-state index is 11.9. The number of unbranched alkanes of at least 4 members (excludes halogenated alkanes) is 30. The zero-order valence-electron chi connectivity index (χ0n) is 31.6. The molecule has 0 aliphatic rings. The van der Waals surface area contributed by atoms with Crippen LogP contribution in [0.5, 0.6) is 0 Å². The molecule has 0 aromatic carbocycles. The molecule has 0 rings (SSSR count). The van der Waals surface area contributed by atoms with E-state index in [1.54, 1.807) is 6.08 Å². The molecule has 0 bridgehead atoms. The number of aliphatic carboxylic acids is 1. The number of allylic oxidation sites excluding steroid dienone is 1. The predicted molar refractivity (Wildman–Crippen MR) is 204 cm³/mol. The lowest BCUT2D eigenvalue weighted by atomic mass is 9.88. The van der Waals surface area contributed by atoms with Crippen molar-refractivity contribution in [1.29, 1.82) is 0 Å². The summed E-state index contributed by atoms with van der Waals surface area (Å²) < 4.78 is 0. The minimum absolute atomic E-state index is 0.401. The van der Waals surface area contributed by atoms with E-state index >= 15 is 0 Å². The molecule has 4 atom stereocenters. The van der Waals surface area contributed by atoms with Crippen molar-refractivity contribution in [3.8, 4) is 0 Å². The van der Waals surface area contributed by atoms with Gasteiger partial charge in [0.1, 0.15) is 0 Å². The molecule has 47 heavy (non-hydrogen) atoms. The van der Waals surface area contributed by atoms with Gasteiger partial charge in [-0.15, -0.1) is 0 Å². The van der Waals surface area contributed by atoms with Gasteiger partial charge in [0.05, 0.1) is 24.2 Å². The lowest BCUT2D eigenvalue weighted by Gasteiger charge is -2.27. The average molecular weight is 666 g/mol. The van der Waals surface area contributed by atoms with Crippen LogP contribution in [0.4, 0.5) is 0 Å². The second-order valence-electron chi connectivity index (χ2n) is 14.8. The molecule has 0 spiro atoms. The number of carbonyl (C=O) groups is 1. The topological polar surface area (TPSA) is 104 Å². The van der Waals surface area contributed by atoms with Crippen molar-refractivity contribution in [3.05, 3.63) is 12.2 Å². The highest BCUT2D eigenvalue weighted by Gasteiger charge is 2.33. The van der Waals surface area contributed by atoms with E-state index in [1.165, 1.54) is 173 Å². The van der Waals surface area contributed by atoms with Crippen molar-refractivity contribution in [2.75, 3.05) is 0 Å². The van der Waals surface area contributed by atoms with Crippen LogP contribution in [0.3, 0.4) is 0 Å². The summed E-state index contributed by atoms with van der Waals surface area (Å²) in [5, 5.41) is 30.9. The zero-order valence-corrected chi connectivity index (χ0v) is 31.6. The van der Waals surface area contributed by atoms with Gasteiger partial charge in [-0.2, -0.15) is 0 Å². The van der Waals surface area contributed by atoms with E-state index in [0.29, 0.717) is 6.42 Å². The normalized spacial score (nSPS) is 14.5. The molecule has 0 saturated carbocycles. The molecule has 0 amide bonds. The summed E-state index contributed by atoms with van der Waals surface area (Å²) in [4.78, 5) is 11.9. The first-order valence-corrected chi connectivity index (χ1v) is 21.0. The Morgan fingerprint density at radius 2 is 0.809 bits per heavy atom. The molecular formula is C42H83NO4. The standard InChI is InChI=1S/C42H83NO4/c1-3-5-7-9-11-13-15-17-18-19-20-21-22-23-25-26-28-30-32-34-36-38(42(46)47)41(45)40(43)39(44)37-35-33-31-29-27-24-16-14-12-10-8-6-4-2/h35,37-41,44-45H,3-34,36,43H2,1-2H3,(H,46,47)/b37-35+/t38?,39-,40-,41?/m1/s1. The number of hydrogen-bond donors (Lipinski definition) is 4. The van der Waals surface area contributed by atoms with Gasteiger partial charge < -0.3 is 21.1 Å². The molecule has 5 heteroatoms. The summed E-state index contributed by atoms with van der Waals surface area (Å²) in [6, 6.07) is -0.991. The zero-order chi connectivity index (χ0) is 34.6. The van der Waals surface area contributed by atoms with Gasteiger partial charge >= 0.3 is 5.97 Å². The van der Waals surface area contributed by atoms with E-state index in [1.807, 2.05) is 6.08 Å². The highest BCUT2D eigenvalue weighted by molar-refractivity contribution is 5.70. The summed E-state index contributed by atoms with van der Waals surface area (Å²) in [5.74, 6) is -1.96. The fourth-order valence-electron chi connectivity index (χ4n) is 6.82. The molecule has 0 saturated heterocycles. The molecule has 5 nitrogen and oxygen atoms in total. The number of rotatable bonds is 38. The second-order valence-corrected chi connectivity index (χ2v) is 14.8. The molecule has 2 unspecified atom stereocenters. The van der Waals surface area contributed by atoms with E-state index in [9.17, 15) is 20.1 Å². The number of carboxylic acid groups (broad SMARTS) is 1. The van der Waals surface area contributed by atoms with Gasteiger partial charge in [0.15, 0.2) is 0 Å². The first-order valence-electron chi connectivity index (χ1n) is 21.0. The highest BCUT2D eigenvalue weighted by Crippen LogP contribution is 2.20. The van der Waals surface area contributed by atoms with Crippen LogP contribution >= 0.6 is 0 Å². The van der Waals surface area contributed by atoms with Crippen molar-refractivity contribution in [2.45, 2.75) is 244 Å². The van der Waals surface area contributed by atoms with Crippen molar-refractivity contribution in [2.24, 2.45) is 11.7 Å². The van der Waals surface area contributed by atoms with Crippen molar-refractivity contribution >= 4 is 5.97 Å². The van der Waals surface area contributed by atoms with Gasteiger partial charge in [-0.05, 0) is 19.3 Å². The molecule has 0 heterocycles. The summed E-state index contributed by atoms with van der Waals surface area (Å²) in [7, 11) is 0. The Bertz CT molecular complexity index is 669. The average Bonchev–Trinajstić information content (AvgIpc) is 3.06. The van der Waals surface area contributed by atoms with Gasteiger partial charge in [0, 0.05) is 0 Å². The molecule has 0 radical (unpaired) electrons. The van der Waals surface area contributed by atoms with Crippen LogP contribution in [-0.4, -0.2) is 39.5 Å². The van der Waals surface area contributed by atoms with Gasteiger partial charge in [-0.1, -0.05) is 219 Å². The third-order valence-corrected chi connectivity index (χ3v) is 10.2. The monoisotopic (exact) mass is 666 g/mol. The smallest absolute Gasteiger partial charge is 0.309 e. The number of nitrogens with two attached hydrogens (primary N) is 1. The first kappa shape index (κ1) is 46.1. The van der Waals surface area contributed by atoms with Crippen LogP contribution in [0.2, 0.25) is 0 Å². The Morgan fingerprint density at radius 1 is 0.511 bits per heavy atom. The Kier molecular flexibility index (Phi) is 35.7. The number of aliphatic hydroxyl groups is 2. The number of carboxylic acids is 1. The summed E-state index contributed by atoms with van der Waals surface area (Å²) in [6.45, 7) is 4.54. The molecule has 0 aromatic heterocycles. The van der Waals surface area contributed by atoms with Gasteiger partial charge in [0.2, 0.25) is 0 Å². The van der Waals surface area contributed by atoms with E-state index in [0.717, 1.165) is 32.1 Å². The van der Waals surface area contributed by atoms with Crippen molar-refractivity contribution < 1.29 is 20.1 Å². The van der Waals surface area contributed by atoms with Gasteiger partial charge in [0.25, 0.3) is 0 Å². The minimum atomic E-state index is -1.26. The highest BCUT2D eigenvalue weighted by atomic mass is 16.4. The van der Waals surface area contributed by atoms with Crippen LogP contribution in [0.25, 0.3) is 0 Å². The Labute approximate surface area is 293 Å². The molecule has 280 valence electrons. The fraction of sp³-hybridized carbons (Fsp3) is 0.929. The summed E-state index contributed by atoms with van der Waals surface area (Å²) >= 11 is 0. The van der Waals surface area contributed by atoms with E-state index in [4.69, 9.17) is 5.73 Å². The molecular weight excluding hydrogens is 582 g/mol. The van der Waals surface area contributed by atoms with Crippen LogP contribution in [-0.2, 0) is 4.79 Å². The molecule has 5 N–H and O–H groups in total. The van der Waals surface area contributed by atoms with Crippen LogP contribution < -0.4 is 5.73 Å². The third-order valence-electron chi connectivity index (χ3n) is 10.2. The maximum Gasteiger partial charge on any atom is 0.309 e. The quantitative estimate of drug-likeness (QED) is 0.0388. The Morgan fingerprint density at radius 3 is 1.13 bits per heavy atom. The van der Waals surface area contributed by atoms with E-state index in [2.05, 4.69) is 13.8 Å². The van der Waals surface area contributed by atoms with Crippen molar-refractivity contribution in [1.82, 2.24) is 0 Å². The predicted octanol–water partition coefficient (Wildman–Crippen LogP) is 12.2. The van der Waals surface area contributed by atoms with E-state index < -0.39 is 30.1 Å². The SMILES string of the molecule is CCCCCCCCCCCCC/C=C/[C@@H](O)[C@@H](N)C(O)C(CCCCCCCCCCCCCCCCCCCCCC)C(=O)O. The number of hydrogen-bond acceptors (Lipinski definition) is 4. The molecule has 0 aliphatic heterocycles.